The minimum absolute atomic E-state index is 0.244. The van der Waals surface area contributed by atoms with Crippen LogP contribution in [0.1, 0.15) is 11.1 Å². The molecular formula is C22H14ClN5O. The summed E-state index contributed by atoms with van der Waals surface area (Å²) in [7, 11) is 0. The van der Waals surface area contributed by atoms with Crippen molar-refractivity contribution in [1.29, 1.82) is 5.26 Å². The molecule has 1 amide bonds. The van der Waals surface area contributed by atoms with Crippen LogP contribution in [-0.2, 0) is 4.79 Å². The van der Waals surface area contributed by atoms with E-state index in [9.17, 15) is 10.1 Å². The summed E-state index contributed by atoms with van der Waals surface area (Å²) in [6.45, 7) is 0. The SMILES string of the molecule is N#Cc1cnn(-c2ccc3ccccc3n2)c1NC(=O)/C=C/c1ccc(Cl)cc1. The van der Waals surface area contributed by atoms with E-state index in [1.54, 1.807) is 36.4 Å². The highest BCUT2D eigenvalue weighted by molar-refractivity contribution is 6.30. The van der Waals surface area contributed by atoms with E-state index in [2.05, 4.69) is 15.4 Å². The fourth-order valence-electron chi connectivity index (χ4n) is 2.80. The van der Waals surface area contributed by atoms with E-state index in [-0.39, 0.29) is 17.3 Å². The number of nitrogens with zero attached hydrogens (tertiary/aromatic N) is 4. The first-order valence-corrected chi connectivity index (χ1v) is 9.11. The number of carbonyl (C=O) groups excluding carboxylic acids is 1. The lowest BCUT2D eigenvalue weighted by Gasteiger charge is -2.08. The zero-order chi connectivity index (χ0) is 20.2. The molecule has 140 valence electrons. The Labute approximate surface area is 171 Å². The number of anilines is 1. The van der Waals surface area contributed by atoms with Crippen molar-refractivity contribution < 1.29 is 4.79 Å². The van der Waals surface area contributed by atoms with Crippen LogP contribution in [0, 0.1) is 11.3 Å². The molecule has 29 heavy (non-hydrogen) atoms. The monoisotopic (exact) mass is 399 g/mol. The number of pyridine rings is 1. The normalized spacial score (nSPS) is 10.9. The number of benzene rings is 2. The van der Waals surface area contributed by atoms with Crippen LogP contribution in [0.4, 0.5) is 5.82 Å². The van der Waals surface area contributed by atoms with E-state index in [1.807, 2.05) is 36.4 Å². The Morgan fingerprint density at radius 3 is 2.69 bits per heavy atom. The van der Waals surface area contributed by atoms with Gasteiger partial charge < -0.3 is 5.32 Å². The summed E-state index contributed by atoms with van der Waals surface area (Å²) in [5.41, 5.74) is 1.86. The predicted octanol–water partition coefficient (Wildman–Crippen LogP) is 4.60. The second-order valence-corrected chi connectivity index (χ2v) is 6.60. The predicted molar refractivity (Wildman–Crippen MR) is 113 cm³/mol. The van der Waals surface area contributed by atoms with E-state index in [0.29, 0.717) is 10.8 Å². The van der Waals surface area contributed by atoms with E-state index in [1.165, 1.54) is 17.0 Å². The number of hydrogen-bond donors (Lipinski definition) is 1. The van der Waals surface area contributed by atoms with E-state index < -0.39 is 0 Å². The molecule has 0 aliphatic carbocycles. The molecule has 0 bridgehead atoms. The van der Waals surface area contributed by atoms with Crippen LogP contribution in [0.15, 0.2) is 72.9 Å². The average Bonchev–Trinajstić information content (AvgIpc) is 3.15. The van der Waals surface area contributed by atoms with Crippen molar-refractivity contribution >= 4 is 40.3 Å². The van der Waals surface area contributed by atoms with Gasteiger partial charge in [-0.3, -0.25) is 4.79 Å². The Balaban J connectivity index is 1.63. The summed E-state index contributed by atoms with van der Waals surface area (Å²) >= 11 is 5.86. The van der Waals surface area contributed by atoms with Crippen LogP contribution in [0.3, 0.4) is 0 Å². The largest absolute Gasteiger partial charge is 0.306 e. The molecule has 0 saturated carbocycles. The maximum Gasteiger partial charge on any atom is 0.249 e. The van der Waals surface area contributed by atoms with Gasteiger partial charge in [-0.25, -0.2) is 4.98 Å². The summed E-state index contributed by atoms with van der Waals surface area (Å²) in [6, 6.07) is 20.5. The first-order chi connectivity index (χ1) is 14.1. The Morgan fingerprint density at radius 2 is 1.90 bits per heavy atom. The lowest BCUT2D eigenvalue weighted by molar-refractivity contribution is -0.111. The van der Waals surface area contributed by atoms with Gasteiger partial charge in [-0.05, 0) is 42.0 Å². The van der Waals surface area contributed by atoms with Crippen molar-refractivity contribution in [3.63, 3.8) is 0 Å². The van der Waals surface area contributed by atoms with E-state index in [0.717, 1.165) is 16.5 Å². The number of nitrogens with one attached hydrogen (secondary N) is 1. The first kappa shape index (κ1) is 18.4. The van der Waals surface area contributed by atoms with Gasteiger partial charge in [0, 0.05) is 16.5 Å². The van der Waals surface area contributed by atoms with Crippen LogP contribution in [0.2, 0.25) is 5.02 Å². The molecule has 2 heterocycles. The zero-order valence-corrected chi connectivity index (χ0v) is 15.8. The van der Waals surface area contributed by atoms with Crippen molar-refractivity contribution in [2.75, 3.05) is 5.32 Å². The third-order valence-corrected chi connectivity index (χ3v) is 4.48. The molecule has 0 aliphatic rings. The molecule has 2 aromatic heterocycles. The minimum atomic E-state index is -0.390. The summed E-state index contributed by atoms with van der Waals surface area (Å²) in [5, 5.41) is 17.9. The highest BCUT2D eigenvalue weighted by Gasteiger charge is 2.15. The number of nitriles is 1. The van der Waals surface area contributed by atoms with Gasteiger partial charge in [0.1, 0.15) is 11.6 Å². The topological polar surface area (TPSA) is 83.6 Å². The van der Waals surface area contributed by atoms with Gasteiger partial charge in [-0.2, -0.15) is 15.0 Å². The Morgan fingerprint density at radius 1 is 1.10 bits per heavy atom. The molecule has 2 aromatic carbocycles. The maximum atomic E-state index is 12.4. The van der Waals surface area contributed by atoms with Gasteiger partial charge in [-0.1, -0.05) is 41.9 Å². The molecule has 0 saturated heterocycles. The molecule has 0 aliphatic heterocycles. The van der Waals surface area contributed by atoms with Gasteiger partial charge in [-0.15, -0.1) is 0 Å². The van der Waals surface area contributed by atoms with Crippen LogP contribution >= 0.6 is 11.6 Å². The number of halogens is 1. The van der Waals surface area contributed by atoms with E-state index in [4.69, 9.17) is 11.6 Å². The second kappa shape index (κ2) is 7.97. The number of hydrogen-bond acceptors (Lipinski definition) is 4. The fourth-order valence-corrected chi connectivity index (χ4v) is 2.93. The third-order valence-electron chi connectivity index (χ3n) is 4.23. The van der Waals surface area contributed by atoms with Crippen LogP contribution in [0.5, 0.6) is 0 Å². The van der Waals surface area contributed by atoms with Crippen LogP contribution in [-0.4, -0.2) is 20.7 Å². The van der Waals surface area contributed by atoms with Crippen molar-refractivity contribution in [3.8, 4) is 11.9 Å². The molecule has 0 unspecified atom stereocenters. The van der Waals surface area contributed by atoms with Gasteiger partial charge in [0.15, 0.2) is 11.6 Å². The number of rotatable bonds is 4. The second-order valence-electron chi connectivity index (χ2n) is 6.17. The Kier molecular flexibility index (Phi) is 5.06. The molecule has 0 fully saturated rings. The molecule has 7 heteroatoms. The third kappa shape index (κ3) is 4.00. The summed E-state index contributed by atoms with van der Waals surface area (Å²) < 4.78 is 1.44. The minimum Gasteiger partial charge on any atom is -0.306 e. The Bertz CT molecular complexity index is 1270. The molecule has 6 nitrogen and oxygen atoms in total. The lowest BCUT2D eigenvalue weighted by Crippen LogP contribution is -2.14. The quantitative estimate of drug-likeness (QED) is 0.508. The number of para-hydroxylation sites is 1. The number of fused-ring (bicyclic) bond motifs is 1. The van der Waals surface area contributed by atoms with Gasteiger partial charge >= 0.3 is 0 Å². The van der Waals surface area contributed by atoms with Gasteiger partial charge in [0.05, 0.1) is 11.7 Å². The van der Waals surface area contributed by atoms with Crippen molar-refractivity contribution in [1.82, 2.24) is 14.8 Å². The number of carbonyl (C=O) groups is 1. The standard InChI is InChI=1S/C22H14ClN5O/c23-18-9-5-15(6-10-18)7-12-21(29)27-22-17(13-24)14-25-28(22)20-11-8-16-3-1-2-4-19(16)26-20/h1-12,14H,(H,27,29)/b12-7+. The van der Waals surface area contributed by atoms with Crippen molar-refractivity contribution in [2.45, 2.75) is 0 Å². The van der Waals surface area contributed by atoms with Crippen molar-refractivity contribution in [3.05, 3.63) is 89.1 Å². The van der Waals surface area contributed by atoms with Crippen LogP contribution in [0.25, 0.3) is 22.8 Å². The molecule has 0 spiro atoms. The summed E-state index contributed by atoms with van der Waals surface area (Å²) in [5.74, 6) is 0.377. The zero-order valence-electron chi connectivity index (χ0n) is 15.1. The molecule has 0 radical (unpaired) electrons. The first-order valence-electron chi connectivity index (χ1n) is 8.73. The maximum absolute atomic E-state index is 12.4. The van der Waals surface area contributed by atoms with Crippen LogP contribution < -0.4 is 5.32 Å². The van der Waals surface area contributed by atoms with Gasteiger partial charge in [0.2, 0.25) is 5.91 Å². The Hall–Kier alpha value is -3.95. The fraction of sp³-hybridized carbons (Fsp3) is 0. The van der Waals surface area contributed by atoms with Crippen molar-refractivity contribution in [2.24, 2.45) is 0 Å². The summed E-state index contributed by atoms with van der Waals surface area (Å²) in [6.07, 6.45) is 4.44. The molecular weight excluding hydrogens is 386 g/mol. The molecule has 1 N–H and O–H groups in total. The molecule has 0 atom stereocenters. The number of amides is 1. The lowest BCUT2D eigenvalue weighted by atomic mass is 10.2. The average molecular weight is 400 g/mol. The highest BCUT2D eigenvalue weighted by Crippen LogP contribution is 2.21. The summed E-state index contributed by atoms with van der Waals surface area (Å²) in [4.78, 5) is 17.0. The highest BCUT2D eigenvalue weighted by atomic mass is 35.5. The van der Waals surface area contributed by atoms with E-state index >= 15 is 0 Å². The van der Waals surface area contributed by atoms with Gasteiger partial charge in [0.25, 0.3) is 0 Å². The molecule has 4 aromatic rings. The molecule has 4 rings (SSSR count). The smallest absolute Gasteiger partial charge is 0.249 e. The number of aromatic nitrogens is 3.